The molecule has 6 heteroatoms. The molecule has 2 aromatic heterocycles. The summed E-state index contributed by atoms with van der Waals surface area (Å²) in [6.07, 6.45) is 4.18. The average molecular weight is 277 g/mol. The van der Waals surface area contributed by atoms with Crippen LogP contribution in [0.2, 0.25) is 0 Å². The van der Waals surface area contributed by atoms with Crippen LogP contribution in [0.25, 0.3) is 11.0 Å². The quantitative estimate of drug-likeness (QED) is 0.668. The second kappa shape index (κ2) is 5.03. The molecule has 0 aromatic carbocycles. The van der Waals surface area contributed by atoms with Gasteiger partial charge in [-0.05, 0) is 18.8 Å². The van der Waals surface area contributed by atoms with Crippen molar-refractivity contribution in [2.75, 3.05) is 0 Å². The van der Waals surface area contributed by atoms with Gasteiger partial charge in [0, 0.05) is 17.7 Å². The number of hydrogen-bond acceptors (Lipinski definition) is 4. The molecule has 4 atom stereocenters. The van der Waals surface area contributed by atoms with E-state index in [0.29, 0.717) is 11.0 Å². The van der Waals surface area contributed by atoms with Gasteiger partial charge in [-0.15, -0.1) is 0 Å². The SMILES string of the molecule is CCC[C@H]1C[C@@H](c2c[nH]c3c(=O)[nH]cnc23)[C@H](O)[C@@H]1O. The Morgan fingerprint density at radius 1 is 1.35 bits per heavy atom. The molecule has 0 amide bonds. The third-order valence-corrected chi connectivity index (χ3v) is 4.36. The molecule has 0 radical (unpaired) electrons. The number of aliphatic hydroxyl groups is 2. The van der Waals surface area contributed by atoms with Crippen molar-refractivity contribution in [1.82, 2.24) is 15.0 Å². The number of fused-ring (bicyclic) bond motifs is 1. The molecule has 4 N–H and O–H groups in total. The zero-order valence-electron chi connectivity index (χ0n) is 11.3. The van der Waals surface area contributed by atoms with Gasteiger partial charge in [-0.25, -0.2) is 4.98 Å². The van der Waals surface area contributed by atoms with Crippen molar-refractivity contribution in [2.24, 2.45) is 5.92 Å². The molecule has 1 fully saturated rings. The average Bonchev–Trinajstić information content (AvgIpc) is 2.97. The van der Waals surface area contributed by atoms with E-state index in [0.717, 1.165) is 24.8 Å². The number of aliphatic hydroxyl groups excluding tert-OH is 2. The van der Waals surface area contributed by atoms with Gasteiger partial charge in [-0.1, -0.05) is 13.3 Å². The summed E-state index contributed by atoms with van der Waals surface area (Å²) in [5.74, 6) is -0.0726. The first-order valence-corrected chi connectivity index (χ1v) is 7.04. The highest BCUT2D eigenvalue weighted by molar-refractivity contribution is 5.78. The Bertz CT molecular complexity index is 663. The van der Waals surface area contributed by atoms with Crippen LogP contribution in [0.15, 0.2) is 17.3 Å². The number of H-pyrrole nitrogens is 2. The lowest BCUT2D eigenvalue weighted by Crippen LogP contribution is -2.27. The fourth-order valence-corrected chi connectivity index (χ4v) is 3.35. The Hall–Kier alpha value is -1.66. The third kappa shape index (κ3) is 1.96. The van der Waals surface area contributed by atoms with Gasteiger partial charge in [-0.3, -0.25) is 4.79 Å². The molecule has 3 rings (SSSR count). The largest absolute Gasteiger partial charge is 0.390 e. The van der Waals surface area contributed by atoms with E-state index in [1.807, 2.05) is 0 Å². The van der Waals surface area contributed by atoms with Crippen LogP contribution in [-0.4, -0.2) is 37.4 Å². The molecule has 2 heterocycles. The normalized spacial score (nSPS) is 30.1. The van der Waals surface area contributed by atoms with E-state index < -0.39 is 12.2 Å². The maximum absolute atomic E-state index is 11.7. The van der Waals surface area contributed by atoms with E-state index >= 15 is 0 Å². The lowest BCUT2D eigenvalue weighted by atomic mass is 9.95. The molecule has 0 saturated heterocycles. The van der Waals surface area contributed by atoms with Gasteiger partial charge in [0.15, 0.2) is 0 Å². The smallest absolute Gasteiger partial charge is 0.275 e. The first-order chi connectivity index (χ1) is 9.63. The summed E-state index contributed by atoms with van der Waals surface area (Å²) >= 11 is 0. The molecule has 1 aliphatic carbocycles. The standard InChI is InChI=1S/C14H19N3O3/c1-2-3-7-4-8(13(19)12(7)18)9-5-15-11-10(9)16-6-17-14(11)20/h5-8,12-13,15,18-19H,2-4H2,1H3,(H,16,17,20)/t7-,8-,12+,13-/m0/s1. The summed E-state index contributed by atoms with van der Waals surface area (Å²) in [5, 5.41) is 20.4. The van der Waals surface area contributed by atoms with Crippen LogP contribution in [0.1, 0.15) is 37.7 Å². The van der Waals surface area contributed by atoms with E-state index in [-0.39, 0.29) is 17.4 Å². The molecule has 0 unspecified atom stereocenters. The molecular weight excluding hydrogens is 258 g/mol. The fraction of sp³-hybridized carbons (Fsp3) is 0.571. The van der Waals surface area contributed by atoms with Gasteiger partial charge in [0.05, 0.1) is 24.1 Å². The van der Waals surface area contributed by atoms with Crippen molar-refractivity contribution in [3.63, 3.8) is 0 Å². The highest BCUT2D eigenvalue weighted by Gasteiger charge is 2.42. The summed E-state index contributed by atoms with van der Waals surface area (Å²) in [4.78, 5) is 21.3. The number of nitrogens with zero attached hydrogens (tertiary/aromatic N) is 1. The highest BCUT2D eigenvalue weighted by Crippen LogP contribution is 2.42. The molecule has 0 spiro atoms. The van der Waals surface area contributed by atoms with Gasteiger partial charge in [0.1, 0.15) is 5.52 Å². The number of aromatic amines is 2. The lowest BCUT2D eigenvalue weighted by Gasteiger charge is -2.16. The minimum absolute atomic E-state index is 0.104. The van der Waals surface area contributed by atoms with Gasteiger partial charge in [-0.2, -0.15) is 0 Å². The molecule has 0 aliphatic heterocycles. The molecular formula is C14H19N3O3. The Morgan fingerprint density at radius 3 is 2.90 bits per heavy atom. The number of hydrogen-bond donors (Lipinski definition) is 4. The van der Waals surface area contributed by atoms with Crippen molar-refractivity contribution in [1.29, 1.82) is 0 Å². The van der Waals surface area contributed by atoms with Gasteiger partial charge in [0.2, 0.25) is 0 Å². The monoisotopic (exact) mass is 277 g/mol. The maximum atomic E-state index is 11.7. The minimum Gasteiger partial charge on any atom is -0.390 e. The van der Waals surface area contributed by atoms with E-state index in [4.69, 9.17) is 0 Å². The number of rotatable bonds is 3. The Balaban J connectivity index is 1.99. The van der Waals surface area contributed by atoms with Crippen molar-refractivity contribution in [3.05, 3.63) is 28.4 Å². The molecule has 108 valence electrons. The molecule has 20 heavy (non-hydrogen) atoms. The second-order valence-electron chi connectivity index (χ2n) is 5.57. The predicted octanol–water partition coefficient (Wildman–Crippen LogP) is 0.877. The van der Waals surface area contributed by atoms with Crippen LogP contribution < -0.4 is 5.56 Å². The topological polar surface area (TPSA) is 102 Å². The summed E-state index contributed by atoms with van der Waals surface area (Å²) in [6, 6.07) is 0. The zero-order chi connectivity index (χ0) is 14.3. The fourth-order valence-electron chi connectivity index (χ4n) is 3.35. The molecule has 2 aromatic rings. The van der Waals surface area contributed by atoms with Gasteiger partial charge >= 0.3 is 0 Å². The molecule has 0 bridgehead atoms. The number of aromatic nitrogens is 3. The van der Waals surface area contributed by atoms with E-state index in [9.17, 15) is 15.0 Å². The van der Waals surface area contributed by atoms with Crippen molar-refractivity contribution >= 4 is 11.0 Å². The molecule has 6 nitrogen and oxygen atoms in total. The first kappa shape index (κ1) is 13.3. The Labute approximate surface area is 115 Å². The lowest BCUT2D eigenvalue weighted by molar-refractivity contribution is 0.0130. The van der Waals surface area contributed by atoms with Crippen molar-refractivity contribution in [3.8, 4) is 0 Å². The first-order valence-electron chi connectivity index (χ1n) is 7.04. The number of nitrogens with one attached hydrogen (secondary N) is 2. The van der Waals surface area contributed by atoms with Crippen LogP contribution >= 0.6 is 0 Å². The minimum atomic E-state index is -0.799. The maximum Gasteiger partial charge on any atom is 0.275 e. The van der Waals surface area contributed by atoms with Gasteiger partial charge in [0.25, 0.3) is 5.56 Å². The highest BCUT2D eigenvalue weighted by atomic mass is 16.3. The summed E-state index contributed by atoms with van der Waals surface area (Å²) in [7, 11) is 0. The Kier molecular flexibility index (Phi) is 3.35. The van der Waals surface area contributed by atoms with Gasteiger partial charge < -0.3 is 20.2 Å². The molecule has 1 aliphatic rings. The van der Waals surface area contributed by atoms with Crippen LogP contribution in [0.3, 0.4) is 0 Å². The van der Waals surface area contributed by atoms with Crippen LogP contribution in [0.5, 0.6) is 0 Å². The van der Waals surface area contributed by atoms with Crippen molar-refractivity contribution in [2.45, 2.75) is 44.3 Å². The van der Waals surface area contributed by atoms with E-state index in [1.165, 1.54) is 6.33 Å². The second-order valence-corrected chi connectivity index (χ2v) is 5.57. The van der Waals surface area contributed by atoms with Crippen LogP contribution in [0, 0.1) is 5.92 Å². The summed E-state index contributed by atoms with van der Waals surface area (Å²) in [6.45, 7) is 2.07. The Morgan fingerprint density at radius 2 is 2.15 bits per heavy atom. The van der Waals surface area contributed by atoms with E-state index in [2.05, 4.69) is 21.9 Å². The van der Waals surface area contributed by atoms with Crippen LogP contribution in [-0.2, 0) is 0 Å². The van der Waals surface area contributed by atoms with Crippen LogP contribution in [0.4, 0.5) is 0 Å². The predicted molar refractivity (Wildman–Crippen MR) is 74.5 cm³/mol. The molecule has 1 saturated carbocycles. The summed E-state index contributed by atoms with van der Waals surface area (Å²) in [5.41, 5.74) is 1.60. The third-order valence-electron chi connectivity index (χ3n) is 4.36. The summed E-state index contributed by atoms with van der Waals surface area (Å²) < 4.78 is 0. The van der Waals surface area contributed by atoms with E-state index in [1.54, 1.807) is 6.20 Å². The van der Waals surface area contributed by atoms with Crippen molar-refractivity contribution < 1.29 is 10.2 Å². The zero-order valence-corrected chi connectivity index (χ0v) is 11.3.